The fourth-order valence-corrected chi connectivity index (χ4v) is 5.37. The van der Waals surface area contributed by atoms with Crippen LogP contribution in [0.1, 0.15) is 35.3 Å². The molecule has 1 fully saturated rings. The zero-order chi connectivity index (χ0) is 20.5. The Morgan fingerprint density at radius 1 is 1.21 bits per heavy atom. The number of fused-ring (bicyclic) bond motifs is 2. The van der Waals surface area contributed by atoms with Crippen molar-refractivity contribution in [3.05, 3.63) is 28.2 Å². The Balaban J connectivity index is 1.30. The number of hydrogen-bond acceptors (Lipinski definition) is 7. The Labute approximate surface area is 171 Å². The van der Waals surface area contributed by atoms with Crippen molar-refractivity contribution in [3.8, 4) is 6.07 Å². The molecule has 9 heteroatoms. The molecule has 8 nitrogen and oxygen atoms in total. The summed E-state index contributed by atoms with van der Waals surface area (Å²) < 4.78 is 4.95. The van der Waals surface area contributed by atoms with Gasteiger partial charge in [0.1, 0.15) is 17.6 Å². The maximum atomic E-state index is 12.4. The Hall–Kier alpha value is -2.99. The van der Waals surface area contributed by atoms with Crippen LogP contribution in [0.5, 0.6) is 0 Å². The van der Waals surface area contributed by atoms with Gasteiger partial charge in [-0.05, 0) is 37.7 Å². The maximum Gasteiger partial charge on any atom is 0.326 e. The molecular formula is C20H19N3O5S. The molecule has 3 aliphatic rings. The zero-order valence-electron chi connectivity index (χ0n) is 15.6. The Morgan fingerprint density at radius 3 is 2.55 bits per heavy atom. The summed E-state index contributed by atoms with van der Waals surface area (Å²) in [6.07, 6.45) is 7.46. The number of esters is 1. The number of nitrogens with one attached hydrogen (secondary N) is 1. The van der Waals surface area contributed by atoms with E-state index in [-0.39, 0.29) is 11.8 Å². The minimum Gasteiger partial charge on any atom is -0.454 e. The number of thiophene rings is 1. The van der Waals surface area contributed by atoms with Crippen molar-refractivity contribution in [3.63, 3.8) is 0 Å². The SMILES string of the molecule is N#Cc1c(NC(=O)COC(=O)CN2C(=O)[C@H]3CC=CC[C@H]3C2=O)sc2c1CCC2. The third-order valence-electron chi connectivity index (χ3n) is 5.54. The highest BCUT2D eigenvalue weighted by molar-refractivity contribution is 7.16. The molecule has 1 aromatic heterocycles. The average molecular weight is 413 g/mol. The van der Waals surface area contributed by atoms with Crippen LogP contribution in [0.3, 0.4) is 0 Å². The molecule has 2 aliphatic carbocycles. The smallest absolute Gasteiger partial charge is 0.326 e. The summed E-state index contributed by atoms with van der Waals surface area (Å²) in [6.45, 7) is -1.04. The van der Waals surface area contributed by atoms with Crippen molar-refractivity contribution in [2.45, 2.75) is 32.1 Å². The summed E-state index contributed by atoms with van der Waals surface area (Å²) in [5.41, 5.74) is 1.47. The van der Waals surface area contributed by atoms with Crippen molar-refractivity contribution >= 4 is 40.0 Å². The van der Waals surface area contributed by atoms with Gasteiger partial charge < -0.3 is 10.1 Å². The number of ether oxygens (including phenoxy) is 1. The Kier molecular flexibility index (Phi) is 5.20. The normalized spacial score (nSPS) is 22.2. The van der Waals surface area contributed by atoms with Gasteiger partial charge in [0, 0.05) is 4.88 Å². The Bertz CT molecular complexity index is 947. The lowest BCUT2D eigenvalue weighted by Crippen LogP contribution is -2.37. The number of anilines is 1. The first-order valence-corrected chi connectivity index (χ1v) is 10.3. The van der Waals surface area contributed by atoms with Crippen molar-refractivity contribution in [2.24, 2.45) is 11.8 Å². The monoisotopic (exact) mass is 413 g/mol. The minimum atomic E-state index is -0.817. The number of nitrogens with zero attached hydrogens (tertiary/aromatic N) is 2. The second-order valence-electron chi connectivity index (χ2n) is 7.30. The van der Waals surface area contributed by atoms with Gasteiger partial charge in [-0.15, -0.1) is 11.3 Å². The quantitative estimate of drug-likeness (QED) is 0.445. The molecule has 1 saturated heterocycles. The van der Waals surface area contributed by atoms with Crippen molar-refractivity contribution < 1.29 is 23.9 Å². The fourth-order valence-electron chi connectivity index (χ4n) is 4.12. The molecule has 0 aromatic carbocycles. The summed E-state index contributed by atoms with van der Waals surface area (Å²) in [6, 6.07) is 2.13. The number of nitriles is 1. The highest BCUT2D eigenvalue weighted by Gasteiger charge is 2.47. The van der Waals surface area contributed by atoms with Gasteiger partial charge in [0.05, 0.1) is 17.4 Å². The molecule has 4 rings (SSSR count). The number of amides is 3. The number of carbonyl (C=O) groups excluding carboxylic acids is 4. The highest BCUT2D eigenvalue weighted by Crippen LogP contribution is 2.38. The molecule has 1 aliphatic heterocycles. The average Bonchev–Trinajstić information content (AvgIpc) is 3.35. The van der Waals surface area contributed by atoms with E-state index in [1.54, 1.807) is 0 Å². The number of rotatable bonds is 5. The lowest BCUT2D eigenvalue weighted by molar-refractivity contribution is -0.154. The predicted molar refractivity (Wildman–Crippen MR) is 103 cm³/mol. The van der Waals surface area contributed by atoms with Gasteiger partial charge in [-0.3, -0.25) is 24.1 Å². The number of hydrogen-bond donors (Lipinski definition) is 1. The highest BCUT2D eigenvalue weighted by atomic mass is 32.1. The van der Waals surface area contributed by atoms with Crippen LogP contribution in [0.4, 0.5) is 5.00 Å². The molecule has 3 amide bonds. The maximum absolute atomic E-state index is 12.4. The molecule has 0 unspecified atom stereocenters. The van der Waals surface area contributed by atoms with Crippen LogP contribution in [0.25, 0.3) is 0 Å². The van der Waals surface area contributed by atoms with Gasteiger partial charge in [0.15, 0.2) is 6.61 Å². The molecule has 0 saturated carbocycles. The third-order valence-corrected chi connectivity index (χ3v) is 6.74. The second-order valence-corrected chi connectivity index (χ2v) is 8.41. The van der Waals surface area contributed by atoms with Crippen molar-refractivity contribution in [2.75, 3.05) is 18.5 Å². The van der Waals surface area contributed by atoms with E-state index >= 15 is 0 Å². The number of carbonyl (C=O) groups is 4. The fraction of sp³-hybridized carbons (Fsp3) is 0.450. The number of aryl methyl sites for hydroxylation is 1. The van der Waals surface area contributed by atoms with Crippen molar-refractivity contribution in [1.82, 2.24) is 4.90 Å². The van der Waals surface area contributed by atoms with E-state index in [1.165, 1.54) is 11.3 Å². The van der Waals surface area contributed by atoms with E-state index in [0.29, 0.717) is 23.4 Å². The predicted octanol–water partition coefficient (Wildman–Crippen LogP) is 1.54. The van der Waals surface area contributed by atoms with E-state index in [0.717, 1.165) is 34.6 Å². The summed E-state index contributed by atoms with van der Waals surface area (Å²) >= 11 is 1.38. The van der Waals surface area contributed by atoms with Crippen LogP contribution >= 0.6 is 11.3 Å². The standard InChI is InChI=1S/C20H19N3O5S/c21-8-14-11-6-3-7-15(11)29-18(14)22-16(24)10-28-17(25)9-23-19(26)12-4-1-2-5-13(12)20(23)27/h1-2,12-13H,3-7,9-10H2,(H,22,24)/t12-,13+. The Morgan fingerprint density at radius 2 is 1.90 bits per heavy atom. The van der Waals surface area contributed by atoms with E-state index < -0.39 is 36.9 Å². The third kappa shape index (κ3) is 3.56. The molecule has 1 aromatic rings. The topological polar surface area (TPSA) is 117 Å². The van der Waals surface area contributed by atoms with Crippen LogP contribution in [0.2, 0.25) is 0 Å². The summed E-state index contributed by atoms with van der Waals surface area (Å²) in [7, 11) is 0. The van der Waals surface area contributed by atoms with Gasteiger partial charge in [-0.2, -0.15) is 5.26 Å². The molecular weight excluding hydrogens is 394 g/mol. The summed E-state index contributed by atoms with van der Waals surface area (Å²) in [4.78, 5) is 51.0. The second kappa shape index (κ2) is 7.79. The molecule has 0 bridgehead atoms. The lowest BCUT2D eigenvalue weighted by atomic mass is 9.85. The summed E-state index contributed by atoms with van der Waals surface area (Å²) in [5.74, 6) is -2.92. The molecule has 0 spiro atoms. The van der Waals surface area contributed by atoms with E-state index in [9.17, 15) is 24.4 Å². The molecule has 1 N–H and O–H groups in total. The molecule has 2 heterocycles. The zero-order valence-corrected chi connectivity index (χ0v) is 16.4. The van der Waals surface area contributed by atoms with E-state index in [1.807, 2.05) is 12.2 Å². The van der Waals surface area contributed by atoms with Gasteiger partial charge in [-0.25, -0.2) is 0 Å². The van der Waals surface area contributed by atoms with Crippen LogP contribution in [0, 0.1) is 23.2 Å². The lowest BCUT2D eigenvalue weighted by Gasteiger charge is -2.14. The molecule has 0 radical (unpaired) electrons. The first kappa shape index (κ1) is 19.3. The first-order valence-electron chi connectivity index (χ1n) is 9.50. The first-order chi connectivity index (χ1) is 14.0. The van der Waals surface area contributed by atoms with Crippen LogP contribution in [-0.4, -0.2) is 41.7 Å². The van der Waals surface area contributed by atoms with E-state index in [4.69, 9.17) is 4.74 Å². The molecule has 2 atom stereocenters. The minimum absolute atomic E-state index is 0.363. The van der Waals surface area contributed by atoms with Crippen molar-refractivity contribution in [1.29, 1.82) is 5.26 Å². The number of allylic oxidation sites excluding steroid dienone is 2. The molecule has 29 heavy (non-hydrogen) atoms. The van der Waals surface area contributed by atoms with Gasteiger partial charge in [0.2, 0.25) is 11.8 Å². The van der Waals surface area contributed by atoms with Crippen LogP contribution < -0.4 is 5.32 Å². The largest absolute Gasteiger partial charge is 0.454 e. The van der Waals surface area contributed by atoms with Crippen LogP contribution in [0.15, 0.2) is 12.2 Å². The van der Waals surface area contributed by atoms with E-state index in [2.05, 4.69) is 11.4 Å². The van der Waals surface area contributed by atoms with Gasteiger partial charge in [-0.1, -0.05) is 12.2 Å². The van der Waals surface area contributed by atoms with Gasteiger partial charge >= 0.3 is 5.97 Å². The van der Waals surface area contributed by atoms with Crippen LogP contribution in [-0.2, 0) is 36.8 Å². The molecule has 150 valence electrons. The number of imide groups is 1. The number of likely N-dealkylation sites (tertiary alicyclic amines) is 1. The van der Waals surface area contributed by atoms with Gasteiger partial charge in [0.25, 0.3) is 5.91 Å². The summed E-state index contributed by atoms with van der Waals surface area (Å²) in [5, 5.41) is 12.4.